The first-order chi connectivity index (χ1) is 7.88. The molecule has 0 saturated carbocycles. The summed E-state index contributed by atoms with van der Waals surface area (Å²) in [7, 11) is 1.09. The van der Waals surface area contributed by atoms with E-state index in [1.807, 2.05) is 0 Å². The van der Waals surface area contributed by atoms with Crippen molar-refractivity contribution in [2.75, 3.05) is 7.11 Å². The van der Waals surface area contributed by atoms with Crippen molar-refractivity contribution in [1.82, 2.24) is 0 Å². The van der Waals surface area contributed by atoms with Gasteiger partial charge in [-0.3, -0.25) is 0 Å². The summed E-state index contributed by atoms with van der Waals surface area (Å²) >= 11 is 2.87. The molecule has 92 valence electrons. The fraction of sp³-hybridized carbons (Fsp3) is 0.182. The predicted octanol–water partition coefficient (Wildman–Crippen LogP) is 3.11. The first-order valence-corrected chi connectivity index (χ1v) is 5.29. The SMILES string of the molecule is C=C(F)Cc1c(O)c(C(=O)OC)cc(F)c1Br. The van der Waals surface area contributed by atoms with Crippen LogP contribution in [0.4, 0.5) is 8.78 Å². The average Bonchev–Trinajstić information content (AvgIpc) is 2.28. The smallest absolute Gasteiger partial charge is 0.341 e. The number of aromatic hydroxyl groups is 1. The molecular weight excluding hydrogens is 298 g/mol. The summed E-state index contributed by atoms with van der Waals surface area (Å²) in [5, 5.41) is 9.74. The van der Waals surface area contributed by atoms with Gasteiger partial charge in [0.05, 0.1) is 17.4 Å². The van der Waals surface area contributed by atoms with Gasteiger partial charge in [0.15, 0.2) is 0 Å². The zero-order valence-corrected chi connectivity index (χ0v) is 10.5. The highest BCUT2D eigenvalue weighted by molar-refractivity contribution is 9.10. The van der Waals surface area contributed by atoms with Crippen molar-refractivity contribution in [1.29, 1.82) is 0 Å². The third-order valence-electron chi connectivity index (χ3n) is 2.06. The van der Waals surface area contributed by atoms with Crippen LogP contribution in [0.25, 0.3) is 0 Å². The van der Waals surface area contributed by atoms with E-state index in [1.165, 1.54) is 0 Å². The summed E-state index contributed by atoms with van der Waals surface area (Å²) in [4.78, 5) is 11.3. The van der Waals surface area contributed by atoms with Crippen LogP contribution in [-0.4, -0.2) is 18.2 Å². The first-order valence-electron chi connectivity index (χ1n) is 4.50. The van der Waals surface area contributed by atoms with Crippen LogP contribution in [0, 0.1) is 5.82 Å². The lowest BCUT2D eigenvalue weighted by Gasteiger charge is -2.10. The number of hydrogen-bond acceptors (Lipinski definition) is 3. The second kappa shape index (κ2) is 5.27. The fourth-order valence-corrected chi connectivity index (χ4v) is 1.73. The summed E-state index contributed by atoms with van der Waals surface area (Å²) in [6, 6.07) is 0.815. The number of hydrogen-bond donors (Lipinski definition) is 1. The minimum absolute atomic E-state index is 0.0853. The maximum Gasteiger partial charge on any atom is 0.341 e. The van der Waals surface area contributed by atoms with E-state index >= 15 is 0 Å². The second-order valence-corrected chi connectivity index (χ2v) is 4.03. The van der Waals surface area contributed by atoms with Crippen molar-refractivity contribution in [3.63, 3.8) is 0 Å². The Morgan fingerprint density at radius 3 is 2.71 bits per heavy atom. The van der Waals surface area contributed by atoms with Gasteiger partial charge >= 0.3 is 5.97 Å². The molecule has 0 aromatic heterocycles. The van der Waals surface area contributed by atoms with Crippen molar-refractivity contribution in [3.05, 3.63) is 39.9 Å². The number of esters is 1. The molecule has 1 aromatic carbocycles. The summed E-state index contributed by atoms with van der Waals surface area (Å²) in [5.41, 5.74) is -0.442. The van der Waals surface area contributed by atoms with Gasteiger partial charge < -0.3 is 9.84 Å². The molecule has 0 aliphatic heterocycles. The Labute approximate surface area is 105 Å². The molecule has 1 rings (SSSR count). The lowest BCUT2D eigenvalue weighted by molar-refractivity contribution is 0.0596. The Hall–Kier alpha value is -1.43. The van der Waals surface area contributed by atoms with Crippen LogP contribution < -0.4 is 0 Å². The molecule has 0 saturated heterocycles. The van der Waals surface area contributed by atoms with E-state index in [0.717, 1.165) is 13.2 Å². The minimum Gasteiger partial charge on any atom is -0.507 e. The maximum atomic E-state index is 13.4. The van der Waals surface area contributed by atoms with Gasteiger partial charge in [0, 0.05) is 12.0 Å². The van der Waals surface area contributed by atoms with Crippen molar-refractivity contribution in [2.45, 2.75) is 6.42 Å². The van der Waals surface area contributed by atoms with Crippen LogP contribution in [0.15, 0.2) is 22.9 Å². The Bertz CT molecular complexity index is 486. The molecule has 0 aliphatic rings. The Balaban J connectivity index is 3.42. The molecule has 0 spiro atoms. The van der Waals surface area contributed by atoms with E-state index in [9.17, 15) is 18.7 Å². The molecule has 1 N–H and O–H groups in total. The molecule has 3 nitrogen and oxygen atoms in total. The Kier molecular flexibility index (Phi) is 4.22. The number of ether oxygens (including phenoxy) is 1. The van der Waals surface area contributed by atoms with Gasteiger partial charge in [-0.1, -0.05) is 6.58 Å². The summed E-state index contributed by atoms with van der Waals surface area (Å²) < 4.78 is 30.4. The van der Waals surface area contributed by atoms with Crippen LogP contribution in [0.2, 0.25) is 0 Å². The number of phenolic OH excluding ortho intramolecular Hbond substituents is 1. The average molecular weight is 307 g/mol. The molecule has 0 amide bonds. The molecule has 0 heterocycles. The third-order valence-corrected chi connectivity index (χ3v) is 2.92. The maximum absolute atomic E-state index is 13.4. The molecule has 0 unspecified atom stereocenters. The molecule has 0 radical (unpaired) electrons. The number of halogens is 3. The second-order valence-electron chi connectivity index (χ2n) is 3.23. The molecule has 6 heteroatoms. The molecule has 0 aliphatic carbocycles. The number of carbonyl (C=O) groups is 1. The fourth-order valence-electron chi connectivity index (χ4n) is 1.29. The van der Waals surface area contributed by atoms with Crippen LogP contribution in [-0.2, 0) is 11.2 Å². The van der Waals surface area contributed by atoms with Crippen molar-refractivity contribution >= 4 is 21.9 Å². The predicted molar refractivity (Wildman–Crippen MR) is 61.1 cm³/mol. The van der Waals surface area contributed by atoms with E-state index < -0.39 is 29.8 Å². The third kappa shape index (κ3) is 2.82. The quantitative estimate of drug-likeness (QED) is 0.873. The zero-order chi connectivity index (χ0) is 13.2. The molecular formula is C11H9BrF2O3. The molecule has 0 fully saturated rings. The van der Waals surface area contributed by atoms with Gasteiger partial charge in [-0.2, -0.15) is 0 Å². The van der Waals surface area contributed by atoms with Gasteiger partial charge in [0.1, 0.15) is 17.1 Å². The van der Waals surface area contributed by atoms with Crippen molar-refractivity contribution in [2.24, 2.45) is 0 Å². The normalized spacial score (nSPS) is 10.1. The number of carbonyl (C=O) groups excluding carboxylic acids is 1. The molecule has 0 atom stereocenters. The number of allylic oxidation sites excluding steroid dienone is 1. The van der Waals surface area contributed by atoms with E-state index in [0.29, 0.717) is 0 Å². The van der Waals surface area contributed by atoms with Crippen LogP contribution in [0.3, 0.4) is 0 Å². The van der Waals surface area contributed by atoms with E-state index in [2.05, 4.69) is 27.2 Å². The van der Waals surface area contributed by atoms with E-state index in [1.54, 1.807) is 0 Å². The molecule has 0 bridgehead atoms. The number of methoxy groups -OCH3 is 1. The van der Waals surface area contributed by atoms with Gasteiger partial charge in [-0.25, -0.2) is 13.6 Å². The summed E-state index contributed by atoms with van der Waals surface area (Å²) in [6.07, 6.45) is -0.395. The number of phenols is 1. The highest BCUT2D eigenvalue weighted by Gasteiger charge is 2.21. The highest BCUT2D eigenvalue weighted by Crippen LogP contribution is 2.34. The summed E-state index contributed by atoms with van der Waals surface area (Å²) in [6.45, 7) is 3.02. The molecule has 1 aromatic rings. The van der Waals surface area contributed by atoms with E-state index in [4.69, 9.17) is 0 Å². The Morgan fingerprint density at radius 2 is 2.24 bits per heavy atom. The largest absolute Gasteiger partial charge is 0.507 e. The van der Waals surface area contributed by atoms with Crippen LogP contribution in [0.1, 0.15) is 15.9 Å². The lowest BCUT2D eigenvalue weighted by Crippen LogP contribution is -2.05. The molecule has 17 heavy (non-hydrogen) atoms. The van der Waals surface area contributed by atoms with Crippen LogP contribution >= 0.6 is 15.9 Å². The summed E-state index contributed by atoms with van der Waals surface area (Å²) in [5.74, 6) is -2.98. The van der Waals surface area contributed by atoms with Gasteiger partial charge in [-0.05, 0) is 22.0 Å². The standard InChI is InChI=1S/C11H9BrF2O3/c1-5(13)3-6-9(12)8(14)4-7(10(6)15)11(16)17-2/h4,15H,1,3H2,2H3. The monoisotopic (exact) mass is 306 g/mol. The van der Waals surface area contributed by atoms with Gasteiger partial charge in [0.25, 0.3) is 0 Å². The van der Waals surface area contributed by atoms with Gasteiger partial charge in [-0.15, -0.1) is 0 Å². The number of benzene rings is 1. The van der Waals surface area contributed by atoms with Crippen molar-refractivity contribution in [3.8, 4) is 5.75 Å². The zero-order valence-electron chi connectivity index (χ0n) is 8.89. The van der Waals surface area contributed by atoms with E-state index in [-0.39, 0.29) is 15.6 Å². The van der Waals surface area contributed by atoms with Crippen LogP contribution in [0.5, 0.6) is 5.75 Å². The highest BCUT2D eigenvalue weighted by atomic mass is 79.9. The van der Waals surface area contributed by atoms with Gasteiger partial charge in [0.2, 0.25) is 0 Å². The lowest BCUT2D eigenvalue weighted by atomic mass is 10.1. The minimum atomic E-state index is -0.903. The topological polar surface area (TPSA) is 46.5 Å². The van der Waals surface area contributed by atoms with Crippen molar-refractivity contribution < 1.29 is 23.4 Å². The Morgan fingerprint density at radius 1 is 1.65 bits per heavy atom. The number of rotatable bonds is 3. The first kappa shape index (κ1) is 13.6.